The van der Waals surface area contributed by atoms with Crippen molar-refractivity contribution in [1.82, 2.24) is 4.90 Å². The molecule has 0 aromatic heterocycles. The van der Waals surface area contributed by atoms with E-state index < -0.39 is 0 Å². The Balaban J connectivity index is 1.96. The molecule has 0 atom stereocenters. The molecule has 0 bridgehead atoms. The molecule has 1 aromatic carbocycles. The van der Waals surface area contributed by atoms with Crippen LogP contribution < -0.4 is 0 Å². The summed E-state index contributed by atoms with van der Waals surface area (Å²) in [5.74, 6) is -0.245. The molecule has 1 aromatic rings. The normalized spacial score (nSPS) is 18.8. The second kappa shape index (κ2) is 6.21. The number of hydrogen-bond donors (Lipinski definition) is 0. The number of nitrogens with zero attached hydrogens (tertiary/aromatic N) is 2. The first-order chi connectivity index (χ1) is 11.1. The predicted octanol–water partition coefficient (Wildman–Crippen LogP) is 4.86. The lowest BCUT2D eigenvalue weighted by Gasteiger charge is -2.28. The largest absolute Gasteiger partial charge is 0.317 e. The van der Waals surface area contributed by atoms with Crippen molar-refractivity contribution in [2.75, 3.05) is 6.54 Å². The minimum absolute atomic E-state index is 0.245. The van der Waals surface area contributed by atoms with Crippen LogP contribution >= 0.6 is 0 Å². The Morgan fingerprint density at radius 1 is 1.26 bits per heavy atom. The number of benzene rings is 1. The highest BCUT2D eigenvalue weighted by Gasteiger charge is 2.18. The maximum absolute atomic E-state index is 13.1. The van der Waals surface area contributed by atoms with Crippen LogP contribution in [0.4, 0.5) is 4.39 Å². The summed E-state index contributed by atoms with van der Waals surface area (Å²) in [5.41, 5.74) is 6.06. The zero-order valence-corrected chi connectivity index (χ0v) is 13.4. The number of halogens is 1. The zero-order chi connectivity index (χ0) is 16.4. The molecule has 2 aliphatic heterocycles. The van der Waals surface area contributed by atoms with Crippen molar-refractivity contribution in [2.24, 2.45) is 4.99 Å². The fourth-order valence-corrected chi connectivity index (χ4v) is 2.76. The summed E-state index contributed by atoms with van der Waals surface area (Å²) in [5, 5.41) is 0. The monoisotopic (exact) mass is 306 g/mol. The molecule has 0 saturated heterocycles. The fourth-order valence-electron chi connectivity index (χ4n) is 2.76. The van der Waals surface area contributed by atoms with E-state index in [2.05, 4.69) is 36.0 Å². The third-order valence-electron chi connectivity index (χ3n) is 4.07. The van der Waals surface area contributed by atoms with Gasteiger partial charge in [0.05, 0.1) is 6.54 Å². The third kappa shape index (κ3) is 2.95. The molecule has 3 heteroatoms. The van der Waals surface area contributed by atoms with Gasteiger partial charge in [-0.3, -0.25) is 4.99 Å². The van der Waals surface area contributed by atoms with Gasteiger partial charge in [0.25, 0.3) is 0 Å². The van der Waals surface area contributed by atoms with Crippen LogP contribution in [0.1, 0.15) is 19.4 Å². The number of allylic oxidation sites excluding steroid dienone is 5. The lowest BCUT2D eigenvalue weighted by atomic mass is 9.99. The Bertz CT molecular complexity index is 789. The highest BCUT2D eigenvalue weighted by atomic mass is 19.1. The molecule has 0 fully saturated rings. The third-order valence-corrected chi connectivity index (χ3v) is 4.07. The molecule has 0 aliphatic carbocycles. The topological polar surface area (TPSA) is 15.6 Å². The van der Waals surface area contributed by atoms with Crippen LogP contribution in [-0.2, 0) is 0 Å². The van der Waals surface area contributed by atoms with Gasteiger partial charge in [-0.25, -0.2) is 4.39 Å². The van der Waals surface area contributed by atoms with Crippen LogP contribution in [0, 0.1) is 5.82 Å². The van der Waals surface area contributed by atoms with E-state index in [-0.39, 0.29) is 5.82 Å². The Hall–Kier alpha value is -2.68. The average Bonchev–Trinajstić information content (AvgIpc) is 3.00. The van der Waals surface area contributed by atoms with E-state index in [9.17, 15) is 4.39 Å². The number of hydrogen-bond acceptors (Lipinski definition) is 2. The first-order valence-corrected chi connectivity index (χ1v) is 7.62. The minimum Gasteiger partial charge on any atom is -0.317 e. The molecular weight excluding hydrogens is 287 g/mol. The van der Waals surface area contributed by atoms with Gasteiger partial charge < -0.3 is 4.90 Å². The van der Waals surface area contributed by atoms with Crippen molar-refractivity contribution < 1.29 is 4.39 Å². The van der Waals surface area contributed by atoms with Gasteiger partial charge in [0, 0.05) is 28.9 Å². The van der Waals surface area contributed by atoms with Gasteiger partial charge in [-0.2, -0.15) is 0 Å². The zero-order valence-electron chi connectivity index (χ0n) is 13.4. The van der Waals surface area contributed by atoms with E-state index in [1.54, 1.807) is 12.1 Å². The molecular formula is C20H19FN2. The van der Waals surface area contributed by atoms with Crippen LogP contribution in [0.15, 0.2) is 83.2 Å². The van der Waals surface area contributed by atoms with Crippen molar-refractivity contribution in [3.8, 4) is 0 Å². The van der Waals surface area contributed by atoms with Gasteiger partial charge in [0.15, 0.2) is 0 Å². The quantitative estimate of drug-likeness (QED) is 0.779. The highest BCUT2D eigenvalue weighted by molar-refractivity contribution is 6.04. The van der Waals surface area contributed by atoms with E-state index in [0.717, 1.165) is 40.4 Å². The summed E-state index contributed by atoms with van der Waals surface area (Å²) in [6, 6.07) is 6.41. The summed E-state index contributed by atoms with van der Waals surface area (Å²) in [6.45, 7) is 8.95. The molecule has 116 valence electrons. The van der Waals surface area contributed by atoms with E-state index in [1.807, 2.05) is 24.8 Å². The van der Waals surface area contributed by atoms with Gasteiger partial charge in [0.2, 0.25) is 0 Å². The van der Waals surface area contributed by atoms with Crippen molar-refractivity contribution >= 4 is 11.4 Å². The molecule has 0 unspecified atom stereocenters. The Morgan fingerprint density at radius 3 is 2.61 bits per heavy atom. The smallest absolute Gasteiger partial charge is 0.123 e. The summed E-state index contributed by atoms with van der Waals surface area (Å²) in [7, 11) is 0. The highest BCUT2D eigenvalue weighted by Crippen LogP contribution is 2.30. The van der Waals surface area contributed by atoms with Crippen LogP contribution in [-0.4, -0.2) is 17.2 Å². The molecule has 0 spiro atoms. The van der Waals surface area contributed by atoms with E-state index in [0.29, 0.717) is 0 Å². The van der Waals surface area contributed by atoms with Gasteiger partial charge in [-0.15, -0.1) is 0 Å². The molecule has 2 aliphatic rings. The molecule has 2 heterocycles. The van der Waals surface area contributed by atoms with E-state index in [1.165, 1.54) is 12.1 Å². The van der Waals surface area contributed by atoms with Gasteiger partial charge in [0.1, 0.15) is 5.82 Å². The Kier molecular flexibility index (Phi) is 4.11. The van der Waals surface area contributed by atoms with Gasteiger partial charge in [-0.05, 0) is 55.3 Å². The summed E-state index contributed by atoms with van der Waals surface area (Å²) in [6.07, 6.45) is 10.4. The van der Waals surface area contributed by atoms with Crippen molar-refractivity contribution in [2.45, 2.75) is 13.8 Å². The Morgan fingerprint density at radius 2 is 2.00 bits per heavy atom. The SMILES string of the molecule is C=C(c1ccc(F)cc1)N1C=C(C2=CCN=C2C)C=C/C1=C/C. The van der Waals surface area contributed by atoms with E-state index >= 15 is 0 Å². The minimum atomic E-state index is -0.245. The van der Waals surface area contributed by atoms with Crippen LogP contribution in [0.25, 0.3) is 5.70 Å². The summed E-state index contributed by atoms with van der Waals surface area (Å²) < 4.78 is 13.1. The first-order valence-electron chi connectivity index (χ1n) is 7.62. The predicted molar refractivity (Wildman–Crippen MR) is 94.3 cm³/mol. The maximum atomic E-state index is 13.1. The van der Waals surface area contributed by atoms with Gasteiger partial charge >= 0.3 is 0 Å². The first kappa shape index (κ1) is 15.2. The van der Waals surface area contributed by atoms with Crippen molar-refractivity contribution in [3.63, 3.8) is 0 Å². The van der Waals surface area contributed by atoms with Gasteiger partial charge in [-0.1, -0.05) is 24.8 Å². The second-order valence-electron chi connectivity index (χ2n) is 5.50. The standard InChI is InChI=1S/C20H19FN2/c1-4-19-10-7-17(20-11-12-22-14(20)2)13-23(19)15(3)16-5-8-18(21)9-6-16/h4-11,13H,3,12H2,1-2H3/b19-4-. The van der Waals surface area contributed by atoms with Crippen LogP contribution in [0.2, 0.25) is 0 Å². The second-order valence-corrected chi connectivity index (χ2v) is 5.50. The molecule has 3 rings (SSSR count). The molecule has 0 radical (unpaired) electrons. The summed E-state index contributed by atoms with van der Waals surface area (Å²) in [4.78, 5) is 6.46. The van der Waals surface area contributed by atoms with Crippen LogP contribution in [0.3, 0.4) is 0 Å². The molecule has 2 nitrogen and oxygen atoms in total. The average molecular weight is 306 g/mol. The molecule has 23 heavy (non-hydrogen) atoms. The fraction of sp³-hybridized carbons (Fsp3) is 0.150. The summed E-state index contributed by atoms with van der Waals surface area (Å²) >= 11 is 0. The van der Waals surface area contributed by atoms with Crippen LogP contribution in [0.5, 0.6) is 0 Å². The van der Waals surface area contributed by atoms with Crippen molar-refractivity contribution in [1.29, 1.82) is 0 Å². The Labute approximate surface area is 136 Å². The number of rotatable bonds is 3. The van der Waals surface area contributed by atoms with E-state index in [4.69, 9.17) is 0 Å². The lowest BCUT2D eigenvalue weighted by molar-refractivity contribution is 0.626. The molecule has 0 amide bonds. The maximum Gasteiger partial charge on any atom is 0.123 e. The van der Waals surface area contributed by atoms with Crippen molar-refractivity contribution in [3.05, 3.63) is 89.6 Å². The lowest BCUT2D eigenvalue weighted by Crippen LogP contribution is -2.17. The number of aliphatic imine (C=N–C) groups is 1. The molecule has 0 saturated carbocycles. The molecule has 0 N–H and O–H groups in total.